The van der Waals surface area contributed by atoms with E-state index in [0.29, 0.717) is 30.4 Å². The monoisotopic (exact) mass is 448 g/mol. The second-order valence-electron chi connectivity index (χ2n) is 8.41. The molecule has 0 fully saturated rings. The van der Waals surface area contributed by atoms with E-state index in [2.05, 4.69) is 5.32 Å². The van der Waals surface area contributed by atoms with Crippen LogP contribution in [0.3, 0.4) is 0 Å². The minimum absolute atomic E-state index is 0.137. The van der Waals surface area contributed by atoms with Gasteiger partial charge in [0, 0.05) is 31.3 Å². The lowest BCUT2D eigenvalue weighted by Gasteiger charge is -2.27. The molecule has 0 saturated heterocycles. The Hall–Kier alpha value is -3.36. The normalized spacial score (nSPS) is 13.8. The summed E-state index contributed by atoms with van der Waals surface area (Å²) in [7, 11) is 1.53. The molecule has 1 heterocycles. The van der Waals surface area contributed by atoms with Gasteiger partial charge in [0.1, 0.15) is 36.5 Å². The number of likely N-dealkylation sites (N-methyl/N-ethyl adjacent to an activating group) is 1. The van der Waals surface area contributed by atoms with Gasteiger partial charge in [0.25, 0.3) is 0 Å². The molecular weight excluding hydrogens is 422 g/mol. The Morgan fingerprint density at radius 3 is 2.31 bits per heavy atom. The van der Waals surface area contributed by atoms with Gasteiger partial charge in [0.2, 0.25) is 5.91 Å². The number of benzene rings is 2. The fourth-order valence-corrected chi connectivity index (χ4v) is 3.22. The number of carbonyl (C=O) groups is 2. The summed E-state index contributed by atoms with van der Waals surface area (Å²) in [6.07, 6.45) is -0.954. The van der Waals surface area contributed by atoms with Crippen molar-refractivity contribution in [1.82, 2.24) is 5.32 Å². The number of ether oxygens (including phenoxy) is 3. The third kappa shape index (κ3) is 6.09. The Kier molecular flexibility index (Phi) is 6.86. The van der Waals surface area contributed by atoms with Crippen molar-refractivity contribution >= 4 is 17.7 Å². The maximum atomic E-state index is 13.7. The molecule has 1 aliphatic rings. The maximum Gasteiger partial charge on any atom is 0.408 e. The summed E-state index contributed by atoms with van der Waals surface area (Å²) in [6, 6.07) is 6.85. The zero-order valence-electron chi connectivity index (χ0n) is 18.4. The molecule has 2 amide bonds. The number of hydrogen-bond acceptors (Lipinski definition) is 5. The summed E-state index contributed by atoms with van der Waals surface area (Å²) < 4.78 is 43.7. The van der Waals surface area contributed by atoms with E-state index >= 15 is 0 Å². The number of alkyl carbamates (subject to hydrolysis) is 1. The predicted molar refractivity (Wildman–Crippen MR) is 114 cm³/mol. The van der Waals surface area contributed by atoms with Crippen molar-refractivity contribution in [3.63, 3.8) is 0 Å². The number of rotatable bonds is 5. The van der Waals surface area contributed by atoms with Gasteiger partial charge in [0.15, 0.2) is 11.5 Å². The van der Waals surface area contributed by atoms with Crippen LogP contribution in [0, 0.1) is 11.6 Å². The standard InChI is InChI=1S/C23H26F2N2O5/c1-23(2,3)32-22(29)26-18(11-14-9-15(24)12-16(25)10-14)21(28)27(4)17-5-6-19-20(13-17)31-8-7-30-19/h5-6,9-10,12-13,18H,7-8,11H2,1-4H3,(H,26,29)/t18-/m0/s1. The molecule has 1 atom stereocenters. The topological polar surface area (TPSA) is 77.1 Å². The minimum atomic E-state index is -1.13. The van der Waals surface area contributed by atoms with Crippen LogP contribution in [0.2, 0.25) is 0 Å². The van der Waals surface area contributed by atoms with Crippen molar-refractivity contribution < 1.29 is 32.6 Å². The zero-order valence-corrected chi connectivity index (χ0v) is 18.4. The molecule has 0 unspecified atom stereocenters. The summed E-state index contributed by atoms with van der Waals surface area (Å²) >= 11 is 0. The molecule has 7 nitrogen and oxygen atoms in total. The number of fused-ring (bicyclic) bond motifs is 1. The van der Waals surface area contributed by atoms with Crippen molar-refractivity contribution in [3.8, 4) is 11.5 Å². The summed E-state index contributed by atoms with van der Waals surface area (Å²) in [5, 5.41) is 2.52. The molecule has 0 spiro atoms. The van der Waals surface area contributed by atoms with E-state index < -0.39 is 35.3 Å². The SMILES string of the molecule is CN(C(=O)[C@H](Cc1cc(F)cc(F)c1)NC(=O)OC(C)(C)C)c1ccc2c(c1)OCCO2. The Morgan fingerprint density at radius 2 is 1.69 bits per heavy atom. The first-order valence-corrected chi connectivity index (χ1v) is 10.1. The lowest BCUT2D eigenvalue weighted by molar-refractivity contribution is -0.120. The van der Waals surface area contributed by atoms with E-state index in [9.17, 15) is 18.4 Å². The van der Waals surface area contributed by atoms with E-state index in [1.54, 1.807) is 39.0 Å². The number of hydrogen-bond donors (Lipinski definition) is 1. The van der Waals surface area contributed by atoms with Gasteiger partial charge in [0.05, 0.1) is 0 Å². The lowest BCUT2D eigenvalue weighted by Crippen LogP contribution is -2.50. The Balaban J connectivity index is 1.85. The highest BCUT2D eigenvalue weighted by molar-refractivity contribution is 5.98. The largest absolute Gasteiger partial charge is 0.486 e. The zero-order chi connectivity index (χ0) is 23.5. The second-order valence-corrected chi connectivity index (χ2v) is 8.41. The fourth-order valence-electron chi connectivity index (χ4n) is 3.22. The molecule has 2 aromatic carbocycles. The molecule has 172 valence electrons. The number of halogens is 2. The first-order valence-electron chi connectivity index (χ1n) is 10.1. The van der Waals surface area contributed by atoms with Crippen LogP contribution in [0.4, 0.5) is 19.3 Å². The molecule has 32 heavy (non-hydrogen) atoms. The smallest absolute Gasteiger partial charge is 0.408 e. The van der Waals surface area contributed by atoms with Gasteiger partial charge in [-0.15, -0.1) is 0 Å². The predicted octanol–water partition coefficient (Wildman–Crippen LogP) is 3.83. The number of carbonyl (C=O) groups excluding carboxylic acids is 2. The van der Waals surface area contributed by atoms with E-state index in [0.717, 1.165) is 18.2 Å². The Labute approximate surface area is 185 Å². The highest BCUT2D eigenvalue weighted by atomic mass is 19.1. The van der Waals surface area contributed by atoms with Crippen LogP contribution < -0.4 is 19.7 Å². The Bertz CT molecular complexity index is 986. The van der Waals surface area contributed by atoms with Gasteiger partial charge in [-0.2, -0.15) is 0 Å². The third-order valence-corrected chi connectivity index (χ3v) is 4.59. The van der Waals surface area contributed by atoms with Crippen LogP contribution in [0.1, 0.15) is 26.3 Å². The molecule has 2 aromatic rings. The van der Waals surface area contributed by atoms with E-state index in [1.807, 2.05) is 0 Å². The average Bonchev–Trinajstić information content (AvgIpc) is 2.69. The molecule has 9 heteroatoms. The van der Waals surface area contributed by atoms with Gasteiger partial charge in [-0.05, 0) is 50.6 Å². The van der Waals surface area contributed by atoms with E-state index in [-0.39, 0.29) is 12.0 Å². The summed E-state index contributed by atoms with van der Waals surface area (Å²) in [6.45, 7) is 5.89. The molecule has 0 saturated carbocycles. The minimum Gasteiger partial charge on any atom is -0.486 e. The van der Waals surface area contributed by atoms with Crippen LogP contribution >= 0.6 is 0 Å². The van der Waals surface area contributed by atoms with Crippen LogP contribution in [0.5, 0.6) is 11.5 Å². The highest BCUT2D eigenvalue weighted by Crippen LogP contribution is 2.34. The molecule has 1 N–H and O–H groups in total. The van der Waals surface area contributed by atoms with E-state index in [1.165, 1.54) is 11.9 Å². The molecule has 0 bridgehead atoms. The number of nitrogens with one attached hydrogen (secondary N) is 1. The van der Waals surface area contributed by atoms with Crippen LogP contribution in [0.25, 0.3) is 0 Å². The second kappa shape index (κ2) is 9.42. The number of nitrogens with zero attached hydrogens (tertiary/aromatic N) is 1. The van der Waals surface area contributed by atoms with Crippen molar-refractivity contribution in [2.75, 3.05) is 25.2 Å². The quantitative estimate of drug-likeness (QED) is 0.752. The van der Waals surface area contributed by atoms with Crippen molar-refractivity contribution in [2.45, 2.75) is 38.8 Å². The average molecular weight is 448 g/mol. The van der Waals surface area contributed by atoms with Gasteiger partial charge in [-0.25, -0.2) is 13.6 Å². The van der Waals surface area contributed by atoms with Crippen molar-refractivity contribution in [2.24, 2.45) is 0 Å². The maximum absolute atomic E-state index is 13.7. The lowest BCUT2D eigenvalue weighted by atomic mass is 10.0. The number of anilines is 1. The molecule has 0 aromatic heterocycles. The van der Waals surface area contributed by atoms with Crippen LogP contribution in [-0.4, -0.2) is 43.9 Å². The first-order chi connectivity index (χ1) is 15.0. The third-order valence-electron chi connectivity index (χ3n) is 4.59. The molecule has 0 aliphatic carbocycles. The van der Waals surface area contributed by atoms with Gasteiger partial charge < -0.3 is 24.4 Å². The molecule has 0 radical (unpaired) electrons. The first kappa shape index (κ1) is 23.3. The van der Waals surface area contributed by atoms with Crippen LogP contribution in [0.15, 0.2) is 36.4 Å². The molecule has 1 aliphatic heterocycles. The summed E-state index contributed by atoms with van der Waals surface area (Å²) in [5.74, 6) is -0.985. The summed E-state index contributed by atoms with van der Waals surface area (Å²) in [5.41, 5.74) is -0.0714. The van der Waals surface area contributed by atoms with Crippen molar-refractivity contribution in [3.05, 3.63) is 53.6 Å². The van der Waals surface area contributed by atoms with Gasteiger partial charge >= 0.3 is 6.09 Å². The molecular formula is C23H26F2N2O5. The van der Waals surface area contributed by atoms with E-state index in [4.69, 9.17) is 14.2 Å². The van der Waals surface area contributed by atoms with Crippen LogP contribution in [-0.2, 0) is 16.0 Å². The van der Waals surface area contributed by atoms with Crippen molar-refractivity contribution in [1.29, 1.82) is 0 Å². The summed E-state index contributed by atoms with van der Waals surface area (Å²) in [4.78, 5) is 27.0. The fraction of sp³-hybridized carbons (Fsp3) is 0.391. The number of amides is 2. The Morgan fingerprint density at radius 1 is 1.06 bits per heavy atom. The molecule has 3 rings (SSSR count). The van der Waals surface area contributed by atoms with Gasteiger partial charge in [-0.3, -0.25) is 4.79 Å². The van der Waals surface area contributed by atoms with Gasteiger partial charge in [-0.1, -0.05) is 0 Å². The highest BCUT2D eigenvalue weighted by Gasteiger charge is 2.28.